The van der Waals surface area contributed by atoms with Crippen molar-refractivity contribution in [2.45, 2.75) is 19.3 Å². The molecule has 1 atom stereocenters. The van der Waals surface area contributed by atoms with Crippen LogP contribution in [-0.2, 0) is 0 Å². The molecule has 14 heavy (non-hydrogen) atoms. The zero-order valence-electron chi connectivity index (χ0n) is 8.23. The lowest BCUT2D eigenvalue weighted by Gasteiger charge is -2.11. The maximum absolute atomic E-state index is 5.69. The largest absolute Gasteiger partial charge is 0.443 e. The lowest BCUT2D eigenvalue weighted by Crippen LogP contribution is -2.11. The van der Waals surface area contributed by atoms with Gasteiger partial charge in [-0.3, -0.25) is 0 Å². The van der Waals surface area contributed by atoms with Gasteiger partial charge < -0.3 is 10.2 Å². The van der Waals surface area contributed by atoms with Crippen LogP contribution in [0.1, 0.15) is 24.8 Å². The standard InChI is InChI=1S/C11H14N2O/c1-2-8(6-12)9-3-4-10-11(5-9)14-7-13-10/h3-5,7-8H,2,6,12H2,1H3. The van der Waals surface area contributed by atoms with Crippen LogP contribution in [-0.4, -0.2) is 11.5 Å². The molecule has 1 heterocycles. The second-order valence-corrected chi connectivity index (χ2v) is 3.42. The third kappa shape index (κ3) is 1.51. The average Bonchev–Trinajstić information content (AvgIpc) is 2.66. The molecule has 0 radical (unpaired) electrons. The summed E-state index contributed by atoms with van der Waals surface area (Å²) in [6.45, 7) is 2.82. The molecule has 0 aliphatic rings. The average molecular weight is 190 g/mol. The molecular weight excluding hydrogens is 176 g/mol. The van der Waals surface area contributed by atoms with E-state index in [4.69, 9.17) is 10.2 Å². The summed E-state index contributed by atoms with van der Waals surface area (Å²) in [5, 5.41) is 0. The van der Waals surface area contributed by atoms with E-state index in [0.29, 0.717) is 12.5 Å². The van der Waals surface area contributed by atoms with Crippen molar-refractivity contribution in [1.29, 1.82) is 0 Å². The van der Waals surface area contributed by atoms with Crippen LogP contribution in [0.25, 0.3) is 11.1 Å². The summed E-state index contributed by atoms with van der Waals surface area (Å²) < 4.78 is 5.25. The predicted molar refractivity (Wildman–Crippen MR) is 56.1 cm³/mol. The number of fused-ring (bicyclic) bond motifs is 1. The van der Waals surface area contributed by atoms with Gasteiger partial charge in [-0.05, 0) is 36.6 Å². The summed E-state index contributed by atoms with van der Waals surface area (Å²) in [6.07, 6.45) is 2.52. The minimum Gasteiger partial charge on any atom is -0.443 e. The molecule has 0 amide bonds. The highest BCUT2D eigenvalue weighted by Crippen LogP contribution is 2.22. The number of nitrogens with zero attached hydrogens (tertiary/aromatic N) is 1. The van der Waals surface area contributed by atoms with Crippen molar-refractivity contribution < 1.29 is 4.42 Å². The van der Waals surface area contributed by atoms with Crippen molar-refractivity contribution in [3.05, 3.63) is 30.2 Å². The lowest BCUT2D eigenvalue weighted by molar-refractivity contribution is 0.599. The van der Waals surface area contributed by atoms with Crippen LogP contribution < -0.4 is 5.73 Å². The first-order valence-corrected chi connectivity index (χ1v) is 4.88. The number of hydrogen-bond donors (Lipinski definition) is 1. The Morgan fingerprint density at radius 1 is 1.50 bits per heavy atom. The fourth-order valence-corrected chi connectivity index (χ4v) is 1.66. The molecule has 2 aromatic rings. The van der Waals surface area contributed by atoms with E-state index in [-0.39, 0.29) is 0 Å². The Bertz CT molecular complexity index is 418. The van der Waals surface area contributed by atoms with Crippen LogP contribution >= 0.6 is 0 Å². The number of nitrogens with two attached hydrogens (primary N) is 1. The van der Waals surface area contributed by atoms with Gasteiger partial charge >= 0.3 is 0 Å². The fourth-order valence-electron chi connectivity index (χ4n) is 1.66. The number of oxazole rings is 1. The number of rotatable bonds is 3. The molecule has 3 nitrogen and oxygen atoms in total. The number of aromatic nitrogens is 1. The van der Waals surface area contributed by atoms with E-state index >= 15 is 0 Å². The van der Waals surface area contributed by atoms with E-state index in [1.807, 2.05) is 12.1 Å². The van der Waals surface area contributed by atoms with Crippen molar-refractivity contribution in [3.8, 4) is 0 Å². The minimum atomic E-state index is 0.421. The molecule has 1 unspecified atom stereocenters. The molecule has 0 aliphatic heterocycles. The van der Waals surface area contributed by atoms with E-state index in [1.54, 1.807) is 0 Å². The van der Waals surface area contributed by atoms with Gasteiger partial charge in [0.15, 0.2) is 12.0 Å². The molecule has 1 aromatic carbocycles. The van der Waals surface area contributed by atoms with Crippen LogP contribution in [0.3, 0.4) is 0 Å². The maximum atomic E-state index is 5.69. The predicted octanol–water partition coefficient (Wildman–Crippen LogP) is 2.28. The van der Waals surface area contributed by atoms with Crippen molar-refractivity contribution >= 4 is 11.1 Å². The molecule has 0 aliphatic carbocycles. The molecule has 2 N–H and O–H groups in total. The van der Waals surface area contributed by atoms with Crippen LogP contribution in [0.2, 0.25) is 0 Å². The normalized spacial score (nSPS) is 13.3. The van der Waals surface area contributed by atoms with Gasteiger partial charge in [0.25, 0.3) is 0 Å². The van der Waals surface area contributed by atoms with Crippen molar-refractivity contribution in [1.82, 2.24) is 4.98 Å². The third-order valence-corrected chi connectivity index (χ3v) is 2.60. The fraction of sp³-hybridized carbons (Fsp3) is 0.364. The quantitative estimate of drug-likeness (QED) is 0.807. The summed E-state index contributed by atoms with van der Waals surface area (Å²) in [5.41, 5.74) is 8.67. The lowest BCUT2D eigenvalue weighted by atomic mass is 9.96. The minimum absolute atomic E-state index is 0.421. The summed E-state index contributed by atoms with van der Waals surface area (Å²) in [6, 6.07) is 6.09. The number of benzene rings is 1. The first-order valence-electron chi connectivity index (χ1n) is 4.88. The summed E-state index contributed by atoms with van der Waals surface area (Å²) in [5.74, 6) is 0.421. The van der Waals surface area contributed by atoms with E-state index in [9.17, 15) is 0 Å². The summed E-state index contributed by atoms with van der Waals surface area (Å²) in [4.78, 5) is 4.07. The second kappa shape index (κ2) is 3.80. The zero-order valence-corrected chi connectivity index (χ0v) is 8.23. The van der Waals surface area contributed by atoms with Gasteiger partial charge in [0.05, 0.1) is 0 Å². The molecule has 2 rings (SSSR count). The van der Waals surface area contributed by atoms with Crippen LogP contribution in [0.5, 0.6) is 0 Å². The van der Waals surface area contributed by atoms with Gasteiger partial charge in [-0.15, -0.1) is 0 Å². The Kier molecular flexibility index (Phi) is 2.50. The van der Waals surface area contributed by atoms with Crippen LogP contribution in [0.4, 0.5) is 0 Å². The first kappa shape index (κ1) is 9.21. The molecule has 0 saturated carbocycles. The van der Waals surface area contributed by atoms with Crippen molar-refractivity contribution in [2.75, 3.05) is 6.54 Å². The van der Waals surface area contributed by atoms with Gasteiger partial charge in [-0.25, -0.2) is 4.98 Å². The monoisotopic (exact) mass is 190 g/mol. The van der Waals surface area contributed by atoms with Gasteiger partial charge in [0, 0.05) is 0 Å². The Morgan fingerprint density at radius 2 is 2.36 bits per heavy atom. The summed E-state index contributed by atoms with van der Waals surface area (Å²) in [7, 11) is 0. The Morgan fingerprint density at radius 3 is 3.07 bits per heavy atom. The second-order valence-electron chi connectivity index (χ2n) is 3.42. The zero-order chi connectivity index (χ0) is 9.97. The molecule has 0 spiro atoms. The Balaban J connectivity index is 2.42. The van der Waals surface area contributed by atoms with E-state index in [1.165, 1.54) is 12.0 Å². The van der Waals surface area contributed by atoms with E-state index in [0.717, 1.165) is 17.5 Å². The van der Waals surface area contributed by atoms with Crippen molar-refractivity contribution in [3.63, 3.8) is 0 Å². The Labute approximate surface area is 82.9 Å². The highest BCUT2D eigenvalue weighted by atomic mass is 16.3. The SMILES string of the molecule is CCC(CN)c1ccc2ncoc2c1. The number of hydrogen-bond acceptors (Lipinski definition) is 3. The highest BCUT2D eigenvalue weighted by molar-refractivity contribution is 5.72. The third-order valence-electron chi connectivity index (χ3n) is 2.60. The van der Waals surface area contributed by atoms with Crippen LogP contribution in [0, 0.1) is 0 Å². The van der Waals surface area contributed by atoms with Gasteiger partial charge in [-0.1, -0.05) is 13.0 Å². The molecule has 1 aromatic heterocycles. The topological polar surface area (TPSA) is 52.0 Å². The molecule has 0 bridgehead atoms. The highest BCUT2D eigenvalue weighted by Gasteiger charge is 2.08. The van der Waals surface area contributed by atoms with Crippen molar-refractivity contribution in [2.24, 2.45) is 5.73 Å². The van der Waals surface area contributed by atoms with Gasteiger partial charge in [0.1, 0.15) is 5.52 Å². The van der Waals surface area contributed by atoms with Gasteiger partial charge in [-0.2, -0.15) is 0 Å². The van der Waals surface area contributed by atoms with E-state index < -0.39 is 0 Å². The first-order chi connectivity index (χ1) is 6.85. The molecular formula is C11H14N2O. The molecule has 0 saturated heterocycles. The molecule has 74 valence electrons. The van der Waals surface area contributed by atoms with Crippen LogP contribution in [0.15, 0.2) is 29.0 Å². The smallest absolute Gasteiger partial charge is 0.181 e. The summed E-state index contributed by atoms with van der Waals surface area (Å²) >= 11 is 0. The van der Waals surface area contributed by atoms with E-state index in [2.05, 4.69) is 18.0 Å². The van der Waals surface area contributed by atoms with Gasteiger partial charge in [0.2, 0.25) is 0 Å². The maximum Gasteiger partial charge on any atom is 0.181 e. The molecule has 0 fully saturated rings. The Hall–Kier alpha value is -1.35. The molecule has 3 heteroatoms.